The molecule has 0 N–H and O–H groups in total. The summed E-state index contributed by atoms with van der Waals surface area (Å²) in [4.78, 5) is 21.4. The maximum Gasteiger partial charge on any atom is 0.230 e. The van der Waals surface area contributed by atoms with Crippen LogP contribution in [0.2, 0.25) is 0 Å². The van der Waals surface area contributed by atoms with Gasteiger partial charge >= 0.3 is 0 Å². The standard InChI is InChI=1S/C17H21N3OS/c1-2-15(14-6-4-3-5-7-14)16(21)19-9-11-20(12-10-19)17-18-8-13-22-17/h3-8,13,15H,2,9-12H2,1H3. The molecule has 2 heterocycles. The Hall–Kier alpha value is -1.88. The summed E-state index contributed by atoms with van der Waals surface area (Å²) in [5.41, 5.74) is 1.12. The number of benzene rings is 1. The molecule has 116 valence electrons. The summed E-state index contributed by atoms with van der Waals surface area (Å²) in [5, 5.41) is 3.05. The minimum atomic E-state index is -0.0207. The molecule has 0 spiro atoms. The Morgan fingerprint density at radius 1 is 1.23 bits per heavy atom. The second kappa shape index (κ2) is 6.92. The quantitative estimate of drug-likeness (QED) is 0.870. The summed E-state index contributed by atoms with van der Waals surface area (Å²) < 4.78 is 0. The second-order valence-corrected chi connectivity index (χ2v) is 6.37. The number of carbonyl (C=O) groups excluding carboxylic acids is 1. The fourth-order valence-electron chi connectivity index (χ4n) is 2.95. The van der Waals surface area contributed by atoms with Crippen LogP contribution in [0.25, 0.3) is 0 Å². The summed E-state index contributed by atoms with van der Waals surface area (Å²) >= 11 is 1.66. The van der Waals surface area contributed by atoms with Crippen molar-refractivity contribution in [3.8, 4) is 0 Å². The Bertz CT molecular complexity index is 592. The van der Waals surface area contributed by atoms with E-state index in [9.17, 15) is 4.79 Å². The number of hydrogen-bond donors (Lipinski definition) is 0. The Morgan fingerprint density at radius 2 is 1.95 bits per heavy atom. The summed E-state index contributed by atoms with van der Waals surface area (Å²) in [6.45, 7) is 5.37. The molecule has 1 unspecified atom stereocenters. The van der Waals surface area contributed by atoms with Gasteiger partial charge in [-0.2, -0.15) is 0 Å². The summed E-state index contributed by atoms with van der Waals surface area (Å²) in [7, 11) is 0. The van der Waals surface area contributed by atoms with Gasteiger partial charge in [0.2, 0.25) is 5.91 Å². The smallest absolute Gasteiger partial charge is 0.230 e. The SMILES string of the molecule is CCC(C(=O)N1CCN(c2nccs2)CC1)c1ccccc1. The fraction of sp³-hybridized carbons (Fsp3) is 0.412. The average Bonchev–Trinajstić information content (AvgIpc) is 3.11. The van der Waals surface area contributed by atoms with E-state index in [0.29, 0.717) is 0 Å². The molecule has 1 aromatic heterocycles. The zero-order valence-corrected chi connectivity index (χ0v) is 13.6. The Labute approximate surface area is 135 Å². The average molecular weight is 315 g/mol. The molecule has 1 saturated heterocycles. The van der Waals surface area contributed by atoms with Crippen molar-refractivity contribution in [1.82, 2.24) is 9.88 Å². The Balaban J connectivity index is 1.64. The summed E-state index contributed by atoms with van der Waals surface area (Å²) in [6, 6.07) is 10.1. The molecule has 1 amide bonds. The fourth-order valence-corrected chi connectivity index (χ4v) is 3.65. The predicted molar refractivity (Wildman–Crippen MR) is 90.4 cm³/mol. The van der Waals surface area contributed by atoms with E-state index in [1.165, 1.54) is 0 Å². The minimum Gasteiger partial charge on any atom is -0.345 e. The molecule has 22 heavy (non-hydrogen) atoms. The van der Waals surface area contributed by atoms with Crippen molar-refractivity contribution in [3.05, 3.63) is 47.5 Å². The van der Waals surface area contributed by atoms with Gasteiger partial charge in [0.25, 0.3) is 0 Å². The number of aromatic nitrogens is 1. The van der Waals surface area contributed by atoms with E-state index in [1.54, 1.807) is 11.3 Å². The second-order valence-electron chi connectivity index (χ2n) is 5.50. The maximum atomic E-state index is 12.8. The van der Waals surface area contributed by atoms with Gasteiger partial charge in [0.1, 0.15) is 0 Å². The van der Waals surface area contributed by atoms with Crippen LogP contribution in [-0.4, -0.2) is 42.0 Å². The highest BCUT2D eigenvalue weighted by atomic mass is 32.1. The Morgan fingerprint density at radius 3 is 2.55 bits per heavy atom. The monoisotopic (exact) mass is 315 g/mol. The number of nitrogens with zero attached hydrogens (tertiary/aromatic N) is 3. The van der Waals surface area contributed by atoms with Crippen molar-refractivity contribution in [2.24, 2.45) is 0 Å². The third kappa shape index (κ3) is 3.14. The molecule has 3 rings (SSSR count). The van der Waals surface area contributed by atoms with Gasteiger partial charge in [-0.05, 0) is 12.0 Å². The van der Waals surface area contributed by atoms with Gasteiger partial charge in [-0.1, -0.05) is 37.3 Å². The van der Waals surface area contributed by atoms with Gasteiger partial charge in [-0.25, -0.2) is 4.98 Å². The van der Waals surface area contributed by atoms with E-state index in [1.807, 2.05) is 34.7 Å². The number of anilines is 1. The van der Waals surface area contributed by atoms with Crippen LogP contribution in [0.1, 0.15) is 24.8 Å². The molecule has 0 saturated carbocycles. The first-order valence-electron chi connectivity index (χ1n) is 7.77. The minimum absolute atomic E-state index is 0.0207. The van der Waals surface area contributed by atoms with Crippen LogP contribution in [0.3, 0.4) is 0 Å². The van der Waals surface area contributed by atoms with E-state index in [-0.39, 0.29) is 11.8 Å². The molecular formula is C17H21N3OS. The number of thiazole rings is 1. The van der Waals surface area contributed by atoms with Gasteiger partial charge in [-0.15, -0.1) is 11.3 Å². The molecule has 2 aromatic rings. The largest absolute Gasteiger partial charge is 0.345 e. The molecule has 0 bridgehead atoms. The van der Waals surface area contributed by atoms with E-state index < -0.39 is 0 Å². The highest BCUT2D eigenvalue weighted by molar-refractivity contribution is 7.13. The maximum absolute atomic E-state index is 12.8. The molecule has 1 aliphatic heterocycles. The predicted octanol–water partition coefficient (Wildman–Crippen LogP) is 2.99. The lowest BCUT2D eigenvalue weighted by molar-refractivity contribution is -0.133. The lowest BCUT2D eigenvalue weighted by Crippen LogP contribution is -2.50. The first-order chi connectivity index (χ1) is 10.8. The first kappa shape index (κ1) is 15.0. The van der Waals surface area contributed by atoms with Gasteiger partial charge in [0, 0.05) is 37.8 Å². The van der Waals surface area contributed by atoms with Crippen molar-refractivity contribution >= 4 is 22.4 Å². The highest BCUT2D eigenvalue weighted by Crippen LogP contribution is 2.24. The molecule has 5 heteroatoms. The molecule has 4 nitrogen and oxygen atoms in total. The van der Waals surface area contributed by atoms with E-state index in [2.05, 4.69) is 28.9 Å². The van der Waals surface area contributed by atoms with Crippen LogP contribution in [0, 0.1) is 0 Å². The van der Waals surface area contributed by atoms with E-state index >= 15 is 0 Å². The number of hydrogen-bond acceptors (Lipinski definition) is 4. The number of amides is 1. The normalized spacial score (nSPS) is 16.6. The van der Waals surface area contributed by atoms with Gasteiger partial charge in [0.15, 0.2) is 5.13 Å². The first-order valence-corrected chi connectivity index (χ1v) is 8.65. The van der Waals surface area contributed by atoms with Crippen LogP contribution in [-0.2, 0) is 4.79 Å². The summed E-state index contributed by atoms with van der Waals surface area (Å²) in [6.07, 6.45) is 2.68. The van der Waals surface area contributed by atoms with Crippen molar-refractivity contribution in [2.75, 3.05) is 31.1 Å². The van der Waals surface area contributed by atoms with Crippen LogP contribution < -0.4 is 4.90 Å². The van der Waals surface area contributed by atoms with Crippen molar-refractivity contribution in [3.63, 3.8) is 0 Å². The Kier molecular flexibility index (Phi) is 4.73. The van der Waals surface area contributed by atoms with Crippen LogP contribution >= 0.6 is 11.3 Å². The van der Waals surface area contributed by atoms with Crippen LogP contribution in [0.5, 0.6) is 0 Å². The van der Waals surface area contributed by atoms with Gasteiger partial charge in [0.05, 0.1) is 5.92 Å². The summed E-state index contributed by atoms with van der Waals surface area (Å²) in [5.74, 6) is 0.236. The number of piperazine rings is 1. The molecule has 0 radical (unpaired) electrons. The number of carbonyl (C=O) groups is 1. The third-order valence-electron chi connectivity index (χ3n) is 4.19. The lowest BCUT2D eigenvalue weighted by Gasteiger charge is -2.36. The van der Waals surface area contributed by atoms with Crippen molar-refractivity contribution < 1.29 is 4.79 Å². The van der Waals surface area contributed by atoms with Crippen LogP contribution in [0.4, 0.5) is 5.13 Å². The van der Waals surface area contributed by atoms with Crippen LogP contribution in [0.15, 0.2) is 41.9 Å². The highest BCUT2D eigenvalue weighted by Gasteiger charge is 2.27. The third-order valence-corrected chi connectivity index (χ3v) is 5.02. The molecule has 1 fully saturated rings. The van der Waals surface area contributed by atoms with Gasteiger partial charge in [-0.3, -0.25) is 4.79 Å². The molecule has 1 aliphatic rings. The van der Waals surface area contributed by atoms with Gasteiger partial charge < -0.3 is 9.80 Å². The number of rotatable bonds is 4. The lowest BCUT2D eigenvalue weighted by atomic mass is 9.95. The zero-order chi connectivity index (χ0) is 15.4. The molecule has 1 aromatic carbocycles. The topological polar surface area (TPSA) is 36.4 Å². The molecule has 0 aliphatic carbocycles. The zero-order valence-electron chi connectivity index (χ0n) is 12.8. The van der Waals surface area contributed by atoms with E-state index in [4.69, 9.17) is 0 Å². The van der Waals surface area contributed by atoms with E-state index in [0.717, 1.165) is 43.3 Å². The van der Waals surface area contributed by atoms with Crippen molar-refractivity contribution in [1.29, 1.82) is 0 Å². The molecule has 1 atom stereocenters. The molecular weight excluding hydrogens is 294 g/mol. The van der Waals surface area contributed by atoms with Crippen molar-refractivity contribution in [2.45, 2.75) is 19.3 Å².